The van der Waals surface area contributed by atoms with Crippen molar-refractivity contribution in [2.75, 3.05) is 18.1 Å². The number of nitrogens with one attached hydrogen (secondary N) is 5. The molecule has 798 valence electrons. The Balaban J connectivity index is 0.000000339. The maximum atomic E-state index is 14.5. The number of hydrogen-bond donors (Lipinski definition) is 10. The van der Waals surface area contributed by atoms with Crippen molar-refractivity contribution in [3.8, 4) is 5.75 Å². The van der Waals surface area contributed by atoms with E-state index in [4.69, 9.17) is 42.9 Å². The Labute approximate surface area is 846 Å². The number of carbonyl (C=O) groups excluding carboxylic acids is 19. The van der Waals surface area contributed by atoms with E-state index in [9.17, 15) is 91.1 Å². The normalized spacial score (nSPS) is 18.8. The highest BCUT2D eigenvalue weighted by molar-refractivity contribution is 6.37. The molecule has 3 unspecified atom stereocenters. The average molecular weight is 2000 g/mol. The van der Waals surface area contributed by atoms with Crippen molar-refractivity contribution in [1.29, 1.82) is 0 Å². The summed E-state index contributed by atoms with van der Waals surface area (Å²) in [4.78, 5) is 249. The topological polar surface area (TPSA) is 561 Å². The Morgan fingerprint density at radius 1 is 0.524 bits per heavy atom. The fourth-order valence-electron chi connectivity index (χ4n) is 19.4. The number of amides is 10. The van der Waals surface area contributed by atoms with Crippen LogP contribution in [0.3, 0.4) is 0 Å². The standard InChI is InChI=1S/C33H46N2O6.C30H41N3O6.C24H43N3O6.C21H39N5O4/c1-2-10-24(31(38)32(34)39)19-30(37)29-18-23-14-15-27-17-25(23)21-35(29)33(40)28(22-11-6-5-7-12-22)20-26(36)13-8-3-4-9-16-41-27;1-30(2,3)39-29(38)32-25(19-9-5-4-6-10-19)28(37)33-22-12-8-7-11-20(22)16-23(33)24(34)17-21(15-18-13-14-18)26(35)27(31)36;1-10-11-15(18(29)20(25)30)13-17(28)16(12-14(2)3)26-21(31)19(23(4,5)6)27-22(32)33-24(7,8)9;1-13(2)9-17(26-20(30)18(10-14(3)4)25-15(5)28)19(29)11-16(12-27)7-6-8-24-21(22)23/h14-15,17,22,24,28-29H,2-13,16,18-21H2,1H3,(H2,34,39);7-8,11-12,18-19,21,23,25H,4-6,9-10,13-17H2,1-3H3,(H2,31,36)(H,32,38);14-16,19H,10-13H2,1-9H3,(H2,25,30)(H,26,31)(H,27,32);12-14,16-18H,6-11H2,1-5H3,(H,25,28)(H,26,30)(H4,22,23,24)/t24-,28+,29+;21?,23-,25-;15?,16-,19?;16-,17+,18+/m1001/s1. The number of aliphatic imine (C=N–C) groups is 1. The van der Waals surface area contributed by atoms with Crippen molar-refractivity contribution in [3.05, 3.63) is 59.2 Å². The highest BCUT2D eigenvalue weighted by atomic mass is 16.6. The van der Waals surface area contributed by atoms with Gasteiger partial charge in [-0.2, -0.15) is 0 Å². The number of guanidine groups is 1. The van der Waals surface area contributed by atoms with Gasteiger partial charge >= 0.3 is 12.2 Å². The number of nitrogens with two attached hydrogens (primary N) is 5. The molecule has 0 saturated heterocycles. The molecule has 0 radical (unpaired) electrons. The minimum Gasteiger partial charge on any atom is -0.494 e. The van der Waals surface area contributed by atoms with Crippen LogP contribution in [0.15, 0.2) is 47.5 Å². The summed E-state index contributed by atoms with van der Waals surface area (Å²) in [6.07, 6.45) is 20.2. The lowest BCUT2D eigenvalue weighted by Gasteiger charge is -2.40. The van der Waals surface area contributed by atoms with E-state index < -0.39 is 142 Å². The van der Waals surface area contributed by atoms with Gasteiger partial charge in [0.15, 0.2) is 29.1 Å². The maximum Gasteiger partial charge on any atom is 0.408 e. The van der Waals surface area contributed by atoms with Gasteiger partial charge < -0.3 is 79.2 Å². The number of aldehydes is 1. The molecule has 0 aromatic heterocycles. The van der Waals surface area contributed by atoms with Crippen LogP contribution in [0.2, 0.25) is 0 Å². The number of ketones is 8. The second-order valence-corrected chi connectivity index (χ2v) is 44.2. The van der Waals surface area contributed by atoms with Crippen LogP contribution in [0, 0.1) is 70.5 Å². The molecule has 0 spiro atoms. The molecule has 3 aliphatic carbocycles. The van der Waals surface area contributed by atoms with Gasteiger partial charge in [-0.1, -0.05) is 177 Å². The van der Waals surface area contributed by atoms with E-state index in [2.05, 4.69) is 31.6 Å². The maximum absolute atomic E-state index is 14.5. The van der Waals surface area contributed by atoms with Crippen molar-refractivity contribution < 1.29 is 105 Å². The monoisotopic (exact) mass is 2000 g/mol. The van der Waals surface area contributed by atoms with E-state index in [0.29, 0.717) is 108 Å². The molecule has 3 heterocycles. The van der Waals surface area contributed by atoms with E-state index in [1.165, 1.54) is 11.8 Å². The molecule has 2 aromatic rings. The third kappa shape index (κ3) is 43.0. The number of rotatable bonds is 45. The molecule has 2 aromatic carbocycles. The first-order valence-corrected chi connectivity index (χ1v) is 52.0. The SMILES string of the molecule is CC(=O)N[C@@H](CC(C)C)C(=O)N[C@@H](CC(C)C)C(=O)C[C@H](C=O)CCCN=C(N)N.CC(C)(C)OC(=O)N[C@H](C(=O)N1c2ccccc2C[C@H]1C(=O)CC(CC1CC1)C(=O)C(N)=O)C1CCCCC1.CCCC(CC(=O)[C@H](CC(C)C)NC(=O)C(NC(=O)OC(C)(C)C)C(C)(C)C)C(=O)C(N)=O.CCC[C@H](CC(=O)[C@@H]1Cc2ccc3cc2CN1C(=O)[C@H](C1CCCCC1)CC(=O)CCCCCCO3)C(=O)C(N)=O. The van der Waals surface area contributed by atoms with Crippen LogP contribution in [-0.4, -0.2) is 190 Å². The quantitative estimate of drug-likeness (QED) is 0.00968. The summed E-state index contributed by atoms with van der Waals surface area (Å²) < 4.78 is 16.8. The van der Waals surface area contributed by atoms with Gasteiger partial charge in [-0.15, -0.1) is 0 Å². The van der Waals surface area contributed by atoms with Crippen molar-refractivity contribution in [2.45, 2.75) is 403 Å². The smallest absolute Gasteiger partial charge is 0.408 e. The number of fused-ring (bicyclic) bond motifs is 3. The Morgan fingerprint density at radius 2 is 1.02 bits per heavy atom. The summed E-state index contributed by atoms with van der Waals surface area (Å²) in [7, 11) is 0. The first-order chi connectivity index (χ1) is 67.1. The lowest BCUT2D eigenvalue weighted by atomic mass is 9.76. The molecular formula is C108H169N13O22. The third-order valence-electron chi connectivity index (χ3n) is 26.7. The summed E-state index contributed by atoms with van der Waals surface area (Å²) in [5.74, 6) is -9.78. The minimum atomic E-state index is -1.07. The van der Waals surface area contributed by atoms with Gasteiger partial charge in [-0.05, 0) is 207 Å². The Bertz CT molecular complexity index is 4700. The average Bonchev–Trinajstić information content (AvgIpc) is 1.63. The first kappa shape index (κ1) is 122. The van der Waals surface area contributed by atoms with Gasteiger partial charge in [-0.25, -0.2) is 9.59 Å². The van der Waals surface area contributed by atoms with E-state index in [1.807, 2.05) is 97.9 Å². The number of hydrogen-bond acceptors (Lipinski definition) is 23. The number of anilines is 1. The van der Waals surface area contributed by atoms with E-state index in [1.54, 1.807) is 67.2 Å². The number of para-hydroxylation sites is 1. The summed E-state index contributed by atoms with van der Waals surface area (Å²) in [6, 6.07) is 7.54. The van der Waals surface area contributed by atoms with Crippen LogP contribution >= 0.6 is 0 Å². The largest absolute Gasteiger partial charge is 0.494 e. The zero-order valence-electron chi connectivity index (χ0n) is 88.4. The Hall–Kier alpha value is -11.2. The zero-order valence-corrected chi connectivity index (χ0v) is 88.4. The van der Waals surface area contributed by atoms with Gasteiger partial charge in [0, 0.05) is 107 Å². The van der Waals surface area contributed by atoms with Crippen LogP contribution in [0.4, 0.5) is 15.3 Å². The van der Waals surface area contributed by atoms with Crippen molar-refractivity contribution in [2.24, 2.45) is 104 Å². The number of primary amides is 3. The van der Waals surface area contributed by atoms with Crippen molar-refractivity contribution in [3.63, 3.8) is 0 Å². The summed E-state index contributed by atoms with van der Waals surface area (Å²) in [5, 5.41) is 13.6. The number of ether oxygens (including phenoxy) is 3. The van der Waals surface area contributed by atoms with E-state index in [-0.39, 0.29) is 127 Å². The van der Waals surface area contributed by atoms with Gasteiger partial charge in [0.1, 0.15) is 47.1 Å². The van der Waals surface area contributed by atoms with E-state index >= 15 is 0 Å². The molecule has 35 nitrogen and oxygen atoms in total. The molecule has 8 rings (SSSR count). The van der Waals surface area contributed by atoms with E-state index in [0.717, 1.165) is 131 Å². The van der Waals surface area contributed by atoms with Crippen LogP contribution in [0.25, 0.3) is 0 Å². The fraction of sp³-hybridized carbons (Fsp3) is 0.704. The Kier molecular flexibility index (Phi) is 50.7. The van der Waals surface area contributed by atoms with Crippen molar-refractivity contribution in [1.82, 2.24) is 31.5 Å². The molecule has 143 heavy (non-hydrogen) atoms. The highest BCUT2D eigenvalue weighted by Gasteiger charge is 2.48. The predicted molar refractivity (Wildman–Crippen MR) is 545 cm³/mol. The zero-order chi connectivity index (χ0) is 107. The van der Waals surface area contributed by atoms with Gasteiger partial charge in [-0.3, -0.25) is 86.6 Å². The second-order valence-electron chi connectivity index (χ2n) is 44.2. The molecule has 3 fully saturated rings. The lowest BCUT2D eigenvalue weighted by molar-refractivity contribution is -0.148. The summed E-state index contributed by atoms with van der Waals surface area (Å²) in [6.45, 7) is 33.8. The number of alkyl carbamates (subject to hydrolysis) is 2. The molecular weight excluding hydrogens is 1830 g/mol. The van der Waals surface area contributed by atoms with Crippen LogP contribution in [0.1, 0.15) is 347 Å². The first-order valence-electron chi connectivity index (χ1n) is 52.0. The molecule has 3 bridgehead atoms. The van der Waals surface area contributed by atoms with Gasteiger partial charge in [0.25, 0.3) is 23.6 Å². The molecule has 3 saturated carbocycles. The molecule has 12 atom stereocenters. The molecule has 10 amide bonds. The van der Waals surface area contributed by atoms with Gasteiger partial charge in [0.05, 0.1) is 30.8 Å². The Morgan fingerprint density at radius 3 is 1.55 bits per heavy atom. The number of Topliss-reactive ketones (excluding diaryl/α,β-unsaturated/α-hetero) is 8. The number of carbonyl (C=O) groups is 19. The molecule has 6 aliphatic rings. The van der Waals surface area contributed by atoms with Gasteiger partial charge in [0.2, 0.25) is 41.0 Å². The van der Waals surface area contributed by atoms with Crippen LogP contribution < -0.4 is 64.9 Å². The van der Waals surface area contributed by atoms with Crippen LogP contribution in [-0.2, 0) is 110 Å². The molecule has 15 N–H and O–H groups in total. The summed E-state index contributed by atoms with van der Waals surface area (Å²) in [5.41, 5.74) is 27.6. The lowest BCUT2D eigenvalue weighted by Crippen LogP contribution is -2.57. The third-order valence-corrected chi connectivity index (χ3v) is 26.7. The fourth-order valence-corrected chi connectivity index (χ4v) is 19.4. The second kappa shape index (κ2) is 59.3. The number of nitrogens with zero attached hydrogens (tertiary/aromatic N) is 3. The van der Waals surface area contributed by atoms with Crippen LogP contribution in [0.5, 0.6) is 5.75 Å². The number of benzene rings is 2. The minimum absolute atomic E-state index is 0.0106. The molecule has 35 heteroatoms. The molecule has 3 aliphatic heterocycles. The van der Waals surface area contributed by atoms with Crippen molar-refractivity contribution >= 4 is 124 Å². The summed E-state index contributed by atoms with van der Waals surface area (Å²) >= 11 is 0. The highest BCUT2D eigenvalue weighted by Crippen LogP contribution is 2.42. The predicted octanol–water partition coefficient (Wildman–Crippen LogP) is 12.5.